The van der Waals surface area contributed by atoms with Crippen LogP contribution in [-0.4, -0.2) is 39.1 Å². The van der Waals surface area contributed by atoms with Gasteiger partial charge in [-0.1, -0.05) is 0 Å². The Kier molecular flexibility index (Phi) is 8.67. The third-order valence-corrected chi connectivity index (χ3v) is 1.59. The van der Waals surface area contributed by atoms with Crippen molar-refractivity contribution in [3.8, 4) is 0 Å². The van der Waals surface area contributed by atoms with E-state index >= 15 is 0 Å². The Balaban J connectivity index is 0. The molecule has 2 unspecified atom stereocenters. The van der Waals surface area contributed by atoms with Gasteiger partial charge in [0, 0.05) is 0 Å². The first-order valence-corrected chi connectivity index (χ1v) is 3.39. The topological polar surface area (TPSA) is 57.5 Å². The van der Waals surface area contributed by atoms with Crippen LogP contribution in [-0.2, 0) is 4.57 Å². The summed E-state index contributed by atoms with van der Waals surface area (Å²) in [4.78, 5) is 8.00. The Morgan fingerprint density at radius 1 is 1.75 bits per heavy atom. The molecule has 0 bridgehead atoms. The molecule has 0 aromatic rings. The van der Waals surface area contributed by atoms with E-state index in [1.165, 1.54) is 0 Å². The monoisotopic (exact) mass is 173 g/mol. The zero-order valence-electron chi connectivity index (χ0n) is 3.41. The third kappa shape index (κ3) is 4.99. The van der Waals surface area contributed by atoms with E-state index in [9.17, 15) is 4.57 Å². The normalized spacial score (nSPS) is 14.1. The maximum absolute atomic E-state index is 9.74. The lowest BCUT2D eigenvalue weighted by Gasteiger charge is -1.82. The van der Waals surface area contributed by atoms with E-state index in [0.717, 1.165) is 0 Å². The maximum atomic E-state index is 9.74. The van der Waals surface area contributed by atoms with E-state index in [1.807, 2.05) is 0 Å². The lowest BCUT2D eigenvalue weighted by molar-refractivity contribution is 0.259. The first kappa shape index (κ1) is 11.6. The molecule has 0 aromatic carbocycles. The van der Waals surface area contributed by atoms with Crippen LogP contribution in [0, 0.1) is 0 Å². The Morgan fingerprint density at radius 3 is 2.12 bits per heavy atom. The van der Waals surface area contributed by atoms with Gasteiger partial charge in [-0.3, -0.25) is 0 Å². The Hall–Kier alpha value is 0.842. The minimum atomic E-state index is -2.49. The molecule has 0 fully saturated rings. The fourth-order valence-electron chi connectivity index (χ4n) is 0.0590. The van der Waals surface area contributed by atoms with Gasteiger partial charge in [-0.2, -0.15) is 4.89 Å². The van der Waals surface area contributed by atoms with Gasteiger partial charge in [0.15, 0.2) is 17.4 Å². The second kappa shape index (κ2) is 5.97. The predicted molar refractivity (Wildman–Crippen MR) is 36.5 cm³/mol. The van der Waals surface area contributed by atoms with Crippen molar-refractivity contribution in [2.45, 2.75) is 5.85 Å². The number of halogens is 1. The summed E-state index contributed by atoms with van der Waals surface area (Å²) in [6, 6.07) is 0. The van der Waals surface area contributed by atoms with Gasteiger partial charge in [-0.05, 0) is 4.57 Å². The third-order valence-electron chi connectivity index (χ3n) is 0.393. The first-order chi connectivity index (χ1) is 3.18. The second-order valence-corrected chi connectivity index (χ2v) is 2.45. The van der Waals surface area contributed by atoms with Crippen molar-refractivity contribution in [2.75, 3.05) is 5.88 Å². The van der Waals surface area contributed by atoms with Crippen molar-refractivity contribution in [3.05, 3.63) is 0 Å². The van der Waals surface area contributed by atoms with E-state index in [1.54, 1.807) is 0 Å². The fourth-order valence-corrected chi connectivity index (χ4v) is 0.531. The van der Waals surface area contributed by atoms with Crippen molar-refractivity contribution in [2.24, 2.45) is 0 Å². The average molecular weight is 173 g/mol. The molecule has 3 nitrogen and oxygen atoms in total. The summed E-state index contributed by atoms with van der Waals surface area (Å²) in [6.45, 7) is 0. The molecule has 0 aromatic heterocycles. The first-order valence-electron chi connectivity index (χ1n) is 1.57. The molecule has 0 spiro atoms. The molecule has 0 aliphatic heterocycles. The molecule has 8 heavy (non-hydrogen) atoms. The number of hydrogen-bond acceptors (Lipinski definition) is 2. The molecule has 0 aliphatic carbocycles. The number of rotatable bonds is 2. The van der Waals surface area contributed by atoms with Crippen molar-refractivity contribution < 1.29 is 14.6 Å². The van der Waals surface area contributed by atoms with E-state index < -0.39 is 13.9 Å². The molecular weight excluding hydrogens is 165 g/mol. The Labute approximate surface area is 63.7 Å². The average Bonchev–Trinajstić information content (AvgIpc) is 1.65. The standard InChI is InChI=1S/C2H4ClO3P.Al.3H/c3-1-2(4)7(5)6;;;;/h2,4H,1H2;;;;/p+1. The summed E-state index contributed by atoms with van der Waals surface area (Å²) in [5.74, 6) is -1.46. The van der Waals surface area contributed by atoms with Crippen molar-refractivity contribution in [3.63, 3.8) is 0 Å². The molecule has 0 saturated carbocycles. The summed E-state index contributed by atoms with van der Waals surface area (Å²) in [7, 11) is -2.49. The van der Waals surface area contributed by atoms with Crippen molar-refractivity contribution in [1.82, 2.24) is 0 Å². The summed E-state index contributed by atoms with van der Waals surface area (Å²) in [6.07, 6.45) is 0. The van der Waals surface area contributed by atoms with Crippen LogP contribution in [0.15, 0.2) is 0 Å². The predicted octanol–water partition coefficient (Wildman–Crippen LogP) is -0.906. The lowest BCUT2D eigenvalue weighted by Crippen LogP contribution is -1.99. The van der Waals surface area contributed by atoms with Gasteiger partial charge in [0.2, 0.25) is 0 Å². The molecular formula is C2H8AlClO3P+. The van der Waals surface area contributed by atoms with Crippen LogP contribution in [0.4, 0.5) is 0 Å². The summed E-state index contributed by atoms with van der Waals surface area (Å²) >= 11 is 4.95. The van der Waals surface area contributed by atoms with Crippen LogP contribution < -0.4 is 0 Å². The summed E-state index contributed by atoms with van der Waals surface area (Å²) in [5, 5.41) is 8.27. The second-order valence-electron chi connectivity index (χ2n) is 0.937. The lowest BCUT2D eigenvalue weighted by atomic mass is 10.9. The smallest absolute Gasteiger partial charge is 0.348 e. The van der Waals surface area contributed by atoms with Crippen molar-refractivity contribution >= 4 is 37.0 Å². The van der Waals surface area contributed by atoms with Crippen LogP contribution in [0.25, 0.3) is 0 Å². The van der Waals surface area contributed by atoms with Gasteiger partial charge < -0.3 is 5.11 Å². The maximum Gasteiger partial charge on any atom is 0.538 e. The summed E-state index contributed by atoms with van der Waals surface area (Å²) < 4.78 is 9.74. The molecule has 0 heterocycles. The van der Waals surface area contributed by atoms with Crippen LogP contribution in [0.1, 0.15) is 0 Å². The molecule has 0 rings (SSSR count). The molecule has 48 valence electrons. The van der Waals surface area contributed by atoms with Gasteiger partial charge in [0.05, 0.1) is 5.88 Å². The highest BCUT2D eigenvalue weighted by atomic mass is 35.5. The van der Waals surface area contributed by atoms with Crippen LogP contribution in [0.3, 0.4) is 0 Å². The zero-order valence-corrected chi connectivity index (χ0v) is 5.06. The van der Waals surface area contributed by atoms with E-state index in [2.05, 4.69) is 0 Å². The molecule has 2 atom stereocenters. The van der Waals surface area contributed by atoms with E-state index in [4.69, 9.17) is 21.6 Å². The van der Waals surface area contributed by atoms with Gasteiger partial charge >= 0.3 is 8.03 Å². The highest BCUT2D eigenvalue weighted by molar-refractivity contribution is 7.38. The minimum absolute atomic E-state index is 0. The van der Waals surface area contributed by atoms with E-state index in [0.29, 0.717) is 0 Å². The van der Waals surface area contributed by atoms with E-state index in [-0.39, 0.29) is 23.2 Å². The van der Waals surface area contributed by atoms with Gasteiger partial charge in [0.25, 0.3) is 5.85 Å². The molecule has 0 aliphatic rings. The number of aliphatic hydroxyl groups is 1. The number of aliphatic hydroxyl groups excluding tert-OH is 1. The molecule has 0 amide bonds. The molecule has 2 N–H and O–H groups in total. The van der Waals surface area contributed by atoms with Crippen LogP contribution in [0.2, 0.25) is 0 Å². The molecule has 0 radical (unpaired) electrons. The minimum Gasteiger partial charge on any atom is -0.348 e. The fraction of sp³-hybridized carbons (Fsp3) is 1.00. The largest absolute Gasteiger partial charge is 0.538 e. The van der Waals surface area contributed by atoms with Crippen molar-refractivity contribution in [1.29, 1.82) is 0 Å². The van der Waals surface area contributed by atoms with Gasteiger partial charge in [-0.25, -0.2) is 0 Å². The molecule has 0 saturated heterocycles. The SMILES string of the molecule is O=[P+](O)C(O)CCl.[AlH3]. The Morgan fingerprint density at radius 2 is 2.12 bits per heavy atom. The van der Waals surface area contributed by atoms with Gasteiger partial charge in [-0.15, -0.1) is 11.6 Å². The highest BCUT2D eigenvalue weighted by Gasteiger charge is 2.23. The highest BCUT2D eigenvalue weighted by Crippen LogP contribution is 2.19. The molecule has 6 heteroatoms. The van der Waals surface area contributed by atoms with Crippen LogP contribution >= 0.6 is 19.6 Å². The summed E-state index contributed by atoms with van der Waals surface area (Å²) in [5.41, 5.74) is 0. The van der Waals surface area contributed by atoms with Gasteiger partial charge in [0.1, 0.15) is 0 Å². The number of alkyl halides is 1. The quantitative estimate of drug-likeness (QED) is 0.323. The van der Waals surface area contributed by atoms with Crippen LogP contribution in [0.5, 0.6) is 0 Å². The zero-order chi connectivity index (χ0) is 5.86. The number of hydrogen-bond donors (Lipinski definition) is 2. The Bertz CT molecular complexity index is 79.7.